The SMILES string of the molecule is O=C1NC(=O)N(c2ccc(Cl)cc2)C(=O)[C@H]1C=Nc1cccc(Br)c1. The predicted octanol–water partition coefficient (Wildman–Crippen LogP) is 3.70. The molecule has 0 saturated carbocycles. The van der Waals surface area contributed by atoms with E-state index in [0.717, 1.165) is 9.37 Å². The van der Waals surface area contributed by atoms with Crippen molar-refractivity contribution in [2.24, 2.45) is 10.9 Å². The Balaban J connectivity index is 1.89. The molecule has 0 aromatic heterocycles. The van der Waals surface area contributed by atoms with Crippen LogP contribution in [-0.4, -0.2) is 24.1 Å². The van der Waals surface area contributed by atoms with Crippen molar-refractivity contribution < 1.29 is 14.4 Å². The Kier molecular flexibility index (Phi) is 4.96. The van der Waals surface area contributed by atoms with Crippen LogP contribution in [0.15, 0.2) is 58.0 Å². The lowest BCUT2D eigenvalue weighted by Gasteiger charge is -2.28. The van der Waals surface area contributed by atoms with Gasteiger partial charge in [0.2, 0.25) is 5.91 Å². The number of anilines is 1. The van der Waals surface area contributed by atoms with E-state index in [1.54, 1.807) is 30.3 Å². The number of benzene rings is 2. The minimum Gasteiger partial charge on any atom is -0.276 e. The molecule has 1 fully saturated rings. The number of aliphatic imine (C=N–C) groups is 1. The zero-order valence-corrected chi connectivity index (χ0v) is 15.0. The first-order valence-corrected chi connectivity index (χ1v) is 8.37. The van der Waals surface area contributed by atoms with Crippen LogP contribution in [0.2, 0.25) is 5.02 Å². The topological polar surface area (TPSA) is 78.8 Å². The summed E-state index contributed by atoms with van der Waals surface area (Å²) in [6.07, 6.45) is 1.23. The van der Waals surface area contributed by atoms with Gasteiger partial charge in [-0.25, -0.2) is 9.69 Å². The fourth-order valence-corrected chi connectivity index (χ4v) is 2.79. The minimum atomic E-state index is -1.20. The van der Waals surface area contributed by atoms with Crippen LogP contribution in [0.3, 0.4) is 0 Å². The number of barbiturate groups is 1. The maximum atomic E-state index is 12.6. The third-order valence-electron chi connectivity index (χ3n) is 3.47. The number of urea groups is 1. The summed E-state index contributed by atoms with van der Waals surface area (Å²) in [6, 6.07) is 12.4. The van der Waals surface area contributed by atoms with E-state index in [9.17, 15) is 14.4 Å². The van der Waals surface area contributed by atoms with Gasteiger partial charge in [0.25, 0.3) is 5.91 Å². The van der Waals surface area contributed by atoms with Crippen molar-refractivity contribution in [3.63, 3.8) is 0 Å². The van der Waals surface area contributed by atoms with Gasteiger partial charge in [0.15, 0.2) is 5.92 Å². The second-order valence-corrected chi connectivity index (χ2v) is 6.53. The van der Waals surface area contributed by atoms with Gasteiger partial charge < -0.3 is 0 Å². The number of nitrogens with zero attached hydrogens (tertiary/aromatic N) is 2. The number of amides is 4. The first kappa shape index (κ1) is 17.3. The first-order chi connectivity index (χ1) is 12.0. The molecule has 0 aliphatic carbocycles. The lowest BCUT2D eigenvalue weighted by Crippen LogP contribution is -2.58. The summed E-state index contributed by atoms with van der Waals surface area (Å²) < 4.78 is 0.819. The fraction of sp³-hybridized carbons (Fsp3) is 0.0588. The third-order valence-corrected chi connectivity index (χ3v) is 4.21. The molecular weight excluding hydrogens is 410 g/mol. The van der Waals surface area contributed by atoms with Crippen LogP contribution in [0.5, 0.6) is 0 Å². The number of nitrogens with one attached hydrogen (secondary N) is 1. The van der Waals surface area contributed by atoms with E-state index in [4.69, 9.17) is 11.6 Å². The van der Waals surface area contributed by atoms with Gasteiger partial charge in [-0.15, -0.1) is 0 Å². The monoisotopic (exact) mass is 419 g/mol. The highest BCUT2D eigenvalue weighted by Crippen LogP contribution is 2.23. The maximum absolute atomic E-state index is 12.6. The molecule has 0 spiro atoms. The molecule has 6 nitrogen and oxygen atoms in total. The zero-order chi connectivity index (χ0) is 18.0. The highest BCUT2D eigenvalue weighted by atomic mass is 79.9. The molecule has 1 aliphatic heterocycles. The van der Waals surface area contributed by atoms with Crippen molar-refractivity contribution in [1.82, 2.24) is 5.32 Å². The van der Waals surface area contributed by atoms with Crippen LogP contribution in [-0.2, 0) is 9.59 Å². The van der Waals surface area contributed by atoms with Crippen LogP contribution in [0.1, 0.15) is 0 Å². The van der Waals surface area contributed by atoms with E-state index >= 15 is 0 Å². The Morgan fingerprint density at radius 3 is 2.52 bits per heavy atom. The molecule has 3 rings (SSSR count). The molecule has 126 valence electrons. The molecule has 1 atom stereocenters. The lowest BCUT2D eigenvalue weighted by molar-refractivity contribution is -0.131. The number of hydrogen-bond donors (Lipinski definition) is 1. The number of hydrogen-bond acceptors (Lipinski definition) is 4. The van der Waals surface area contributed by atoms with Crippen molar-refractivity contribution in [3.8, 4) is 0 Å². The van der Waals surface area contributed by atoms with Crippen LogP contribution in [0, 0.1) is 5.92 Å². The molecule has 8 heteroatoms. The second kappa shape index (κ2) is 7.16. The van der Waals surface area contributed by atoms with E-state index in [1.165, 1.54) is 18.3 Å². The Hall–Kier alpha value is -2.51. The molecule has 1 N–H and O–H groups in total. The van der Waals surface area contributed by atoms with Crippen molar-refractivity contribution >= 4 is 63.0 Å². The van der Waals surface area contributed by atoms with Gasteiger partial charge in [0.05, 0.1) is 11.4 Å². The number of rotatable bonds is 3. The summed E-state index contributed by atoms with van der Waals surface area (Å²) in [7, 11) is 0. The smallest absolute Gasteiger partial charge is 0.276 e. The van der Waals surface area contributed by atoms with Crippen LogP contribution in [0.4, 0.5) is 16.2 Å². The van der Waals surface area contributed by atoms with Gasteiger partial charge in [-0.2, -0.15) is 0 Å². The van der Waals surface area contributed by atoms with Gasteiger partial charge in [0, 0.05) is 15.7 Å². The number of carbonyl (C=O) groups is 3. The van der Waals surface area contributed by atoms with Gasteiger partial charge in [-0.3, -0.25) is 19.9 Å². The summed E-state index contributed by atoms with van der Waals surface area (Å²) >= 11 is 9.14. The molecule has 4 amide bonds. The average Bonchev–Trinajstić information content (AvgIpc) is 2.56. The summed E-state index contributed by atoms with van der Waals surface area (Å²) in [5.74, 6) is -2.58. The van der Waals surface area contributed by atoms with E-state index < -0.39 is 23.8 Å². The number of imide groups is 2. The second-order valence-electron chi connectivity index (χ2n) is 5.18. The number of halogens is 2. The molecule has 0 radical (unpaired) electrons. The molecular formula is C17H11BrClN3O3. The highest BCUT2D eigenvalue weighted by Gasteiger charge is 2.40. The highest BCUT2D eigenvalue weighted by molar-refractivity contribution is 9.10. The van der Waals surface area contributed by atoms with Crippen molar-refractivity contribution in [1.29, 1.82) is 0 Å². The molecule has 0 unspecified atom stereocenters. The zero-order valence-electron chi connectivity index (χ0n) is 12.6. The fourth-order valence-electron chi connectivity index (χ4n) is 2.27. The quantitative estimate of drug-likeness (QED) is 0.607. The molecule has 0 bridgehead atoms. The summed E-state index contributed by atoms with van der Waals surface area (Å²) in [4.78, 5) is 41.8. The Morgan fingerprint density at radius 2 is 1.84 bits per heavy atom. The van der Waals surface area contributed by atoms with Crippen LogP contribution < -0.4 is 10.2 Å². The first-order valence-electron chi connectivity index (χ1n) is 7.20. The van der Waals surface area contributed by atoms with E-state index in [-0.39, 0.29) is 0 Å². The summed E-state index contributed by atoms with van der Waals surface area (Å²) in [5.41, 5.74) is 0.894. The van der Waals surface area contributed by atoms with Gasteiger partial charge in [-0.05, 0) is 42.5 Å². The van der Waals surface area contributed by atoms with Gasteiger partial charge in [-0.1, -0.05) is 33.6 Å². The molecule has 2 aromatic carbocycles. The summed E-state index contributed by atoms with van der Waals surface area (Å²) in [6.45, 7) is 0. The Morgan fingerprint density at radius 1 is 1.12 bits per heavy atom. The van der Waals surface area contributed by atoms with Crippen molar-refractivity contribution in [2.45, 2.75) is 0 Å². The maximum Gasteiger partial charge on any atom is 0.335 e. The molecule has 25 heavy (non-hydrogen) atoms. The van der Waals surface area contributed by atoms with E-state index in [1.807, 2.05) is 6.07 Å². The minimum absolute atomic E-state index is 0.320. The van der Waals surface area contributed by atoms with Crippen LogP contribution >= 0.6 is 27.5 Å². The largest absolute Gasteiger partial charge is 0.335 e. The van der Waals surface area contributed by atoms with E-state index in [0.29, 0.717) is 16.4 Å². The van der Waals surface area contributed by atoms with Crippen LogP contribution in [0.25, 0.3) is 0 Å². The Labute approximate surface area is 156 Å². The standard InChI is InChI=1S/C17H11BrClN3O3/c18-10-2-1-3-12(8-10)20-9-14-15(23)21-17(25)22(16(14)24)13-6-4-11(19)5-7-13/h1-9,14H,(H,21,23,25)/t14-/m0/s1. The summed E-state index contributed by atoms with van der Waals surface area (Å²) in [5, 5.41) is 2.63. The van der Waals surface area contributed by atoms with E-state index in [2.05, 4.69) is 26.2 Å². The third kappa shape index (κ3) is 3.78. The van der Waals surface area contributed by atoms with Gasteiger partial charge in [0.1, 0.15) is 0 Å². The Bertz CT molecular complexity index is 883. The molecule has 1 saturated heterocycles. The average molecular weight is 421 g/mol. The molecule has 1 aliphatic rings. The molecule has 2 aromatic rings. The normalized spacial score (nSPS) is 17.9. The molecule has 1 heterocycles. The predicted molar refractivity (Wildman–Crippen MR) is 98.3 cm³/mol. The van der Waals surface area contributed by atoms with Crippen molar-refractivity contribution in [2.75, 3.05) is 4.90 Å². The number of carbonyl (C=O) groups excluding carboxylic acids is 3. The van der Waals surface area contributed by atoms with Gasteiger partial charge >= 0.3 is 6.03 Å². The van der Waals surface area contributed by atoms with Crippen molar-refractivity contribution in [3.05, 3.63) is 58.0 Å². The lowest BCUT2D eigenvalue weighted by atomic mass is 10.1.